The number of piperazine rings is 1. The Morgan fingerprint density at radius 1 is 1.42 bits per heavy atom. The van der Waals surface area contributed by atoms with Gasteiger partial charge in [0.05, 0.1) is 11.4 Å². The van der Waals surface area contributed by atoms with E-state index in [1.54, 1.807) is 0 Å². The predicted molar refractivity (Wildman–Crippen MR) is 75.0 cm³/mol. The van der Waals surface area contributed by atoms with Crippen molar-refractivity contribution in [2.24, 2.45) is 0 Å². The molecule has 6 heteroatoms. The van der Waals surface area contributed by atoms with E-state index >= 15 is 0 Å². The molecule has 1 aliphatic rings. The molecule has 0 aliphatic carbocycles. The van der Waals surface area contributed by atoms with Crippen molar-refractivity contribution < 1.29 is 4.79 Å². The molecule has 0 saturated carbocycles. The summed E-state index contributed by atoms with van der Waals surface area (Å²) in [6, 6.07) is 0.579. The van der Waals surface area contributed by atoms with Gasteiger partial charge in [0.1, 0.15) is 0 Å². The lowest BCUT2D eigenvalue weighted by Gasteiger charge is -2.37. The summed E-state index contributed by atoms with van der Waals surface area (Å²) in [5, 5.41) is 6.77. The zero-order chi connectivity index (χ0) is 14.0. The number of nitrogens with zero attached hydrogens (tertiary/aromatic N) is 3. The van der Waals surface area contributed by atoms with Crippen LogP contribution in [0.3, 0.4) is 0 Å². The number of nitrogen functional groups attached to an aromatic ring is 1. The minimum Gasteiger partial charge on any atom is -0.395 e. The number of anilines is 1. The lowest BCUT2D eigenvalue weighted by atomic mass is 10.2. The van der Waals surface area contributed by atoms with Gasteiger partial charge in [0.15, 0.2) is 5.69 Å². The zero-order valence-corrected chi connectivity index (χ0v) is 11.9. The number of hydrogen-bond acceptors (Lipinski definition) is 4. The van der Waals surface area contributed by atoms with Crippen molar-refractivity contribution in [1.29, 1.82) is 0 Å². The number of rotatable bonds is 3. The van der Waals surface area contributed by atoms with E-state index in [4.69, 9.17) is 5.73 Å². The molecule has 19 heavy (non-hydrogen) atoms. The maximum absolute atomic E-state index is 12.3. The average Bonchev–Trinajstić information content (AvgIpc) is 2.77. The molecule has 2 heterocycles. The first kappa shape index (κ1) is 13.9. The fourth-order valence-electron chi connectivity index (χ4n) is 2.37. The van der Waals surface area contributed by atoms with E-state index in [1.165, 1.54) is 0 Å². The molecule has 1 aromatic rings. The van der Waals surface area contributed by atoms with Gasteiger partial charge in [-0.15, -0.1) is 0 Å². The summed E-state index contributed by atoms with van der Waals surface area (Å²) >= 11 is 0. The molecule has 0 radical (unpaired) electrons. The van der Waals surface area contributed by atoms with Gasteiger partial charge in [0, 0.05) is 32.2 Å². The number of carbonyl (C=O) groups is 1. The summed E-state index contributed by atoms with van der Waals surface area (Å²) in [4.78, 5) is 16.6. The van der Waals surface area contributed by atoms with Gasteiger partial charge < -0.3 is 10.6 Å². The second kappa shape index (κ2) is 5.61. The fraction of sp³-hybridized carbons (Fsp3) is 0.692. The first-order chi connectivity index (χ1) is 9.04. The number of carbonyl (C=O) groups excluding carboxylic acids is 1. The minimum atomic E-state index is -0.0642. The monoisotopic (exact) mass is 265 g/mol. The summed E-state index contributed by atoms with van der Waals surface area (Å²) in [7, 11) is 0. The van der Waals surface area contributed by atoms with Gasteiger partial charge in [-0.05, 0) is 20.3 Å². The molecular weight excluding hydrogens is 242 g/mol. The molecular formula is C13H23N5O. The van der Waals surface area contributed by atoms with Gasteiger partial charge in [-0.2, -0.15) is 5.10 Å². The number of H-pyrrole nitrogens is 1. The molecule has 0 bridgehead atoms. The van der Waals surface area contributed by atoms with Gasteiger partial charge in [-0.1, -0.05) is 6.92 Å². The molecule has 1 atom stereocenters. The molecule has 0 spiro atoms. The summed E-state index contributed by atoms with van der Waals surface area (Å²) in [6.07, 6.45) is 1.14. The van der Waals surface area contributed by atoms with Crippen LogP contribution >= 0.6 is 0 Å². The van der Waals surface area contributed by atoms with Crippen molar-refractivity contribution in [3.63, 3.8) is 0 Å². The Morgan fingerprint density at radius 3 is 2.53 bits per heavy atom. The van der Waals surface area contributed by atoms with Crippen LogP contribution < -0.4 is 5.73 Å². The Labute approximate surface area is 113 Å². The Balaban J connectivity index is 1.98. The van der Waals surface area contributed by atoms with Crippen molar-refractivity contribution in [2.45, 2.75) is 33.2 Å². The molecule has 1 aromatic heterocycles. The number of aryl methyl sites for hydroxylation is 1. The van der Waals surface area contributed by atoms with Crippen molar-refractivity contribution in [3.8, 4) is 0 Å². The summed E-state index contributed by atoms with van der Waals surface area (Å²) < 4.78 is 0. The van der Waals surface area contributed by atoms with Crippen LogP contribution in [0.25, 0.3) is 0 Å². The first-order valence-corrected chi connectivity index (χ1v) is 6.88. The molecule has 1 unspecified atom stereocenters. The molecule has 106 valence electrons. The second-order valence-corrected chi connectivity index (χ2v) is 5.20. The number of aromatic nitrogens is 2. The van der Waals surface area contributed by atoms with Crippen LogP contribution in [0.1, 0.15) is 36.5 Å². The van der Waals surface area contributed by atoms with Crippen molar-refractivity contribution in [2.75, 3.05) is 31.9 Å². The van der Waals surface area contributed by atoms with Crippen LogP contribution in [-0.2, 0) is 0 Å². The maximum atomic E-state index is 12.3. The Kier molecular flexibility index (Phi) is 4.09. The lowest BCUT2D eigenvalue weighted by Crippen LogP contribution is -2.51. The molecule has 2 rings (SSSR count). The number of nitrogens with one attached hydrogen (secondary N) is 1. The summed E-state index contributed by atoms with van der Waals surface area (Å²) in [6.45, 7) is 9.57. The predicted octanol–water partition coefficient (Wildman–Crippen LogP) is 0.857. The molecule has 1 aliphatic heterocycles. The third-order valence-electron chi connectivity index (χ3n) is 4.01. The van der Waals surface area contributed by atoms with Gasteiger partial charge in [-0.25, -0.2) is 0 Å². The van der Waals surface area contributed by atoms with Crippen LogP contribution in [-0.4, -0.2) is 58.1 Å². The highest BCUT2D eigenvalue weighted by atomic mass is 16.2. The van der Waals surface area contributed by atoms with Crippen LogP contribution in [0, 0.1) is 6.92 Å². The van der Waals surface area contributed by atoms with Crippen LogP contribution in [0.4, 0.5) is 5.69 Å². The van der Waals surface area contributed by atoms with Crippen molar-refractivity contribution in [3.05, 3.63) is 11.4 Å². The van der Waals surface area contributed by atoms with Crippen molar-refractivity contribution >= 4 is 11.6 Å². The van der Waals surface area contributed by atoms with Gasteiger partial charge in [0.2, 0.25) is 0 Å². The fourth-order valence-corrected chi connectivity index (χ4v) is 2.37. The lowest BCUT2D eigenvalue weighted by molar-refractivity contribution is 0.0575. The van der Waals surface area contributed by atoms with Gasteiger partial charge in [0.25, 0.3) is 5.91 Å². The molecule has 1 fully saturated rings. The SMILES string of the molecule is CCC(C)N1CCN(C(=O)c2n[nH]c(C)c2N)CC1. The van der Waals surface area contributed by atoms with Gasteiger partial charge in [-0.3, -0.25) is 14.8 Å². The number of nitrogens with two attached hydrogens (primary N) is 1. The molecule has 3 N–H and O–H groups in total. The van der Waals surface area contributed by atoms with E-state index in [-0.39, 0.29) is 5.91 Å². The normalized spacial score (nSPS) is 18.6. The Morgan fingerprint density at radius 2 is 2.05 bits per heavy atom. The minimum absolute atomic E-state index is 0.0642. The van der Waals surface area contributed by atoms with E-state index in [9.17, 15) is 4.79 Å². The third-order valence-corrected chi connectivity index (χ3v) is 4.01. The smallest absolute Gasteiger partial charge is 0.276 e. The van der Waals surface area contributed by atoms with E-state index in [0.29, 0.717) is 17.4 Å². The Hall–Kier alpha value is -1.56. The zero-order valence-electron chi connectivity index (χ0n) is 11.9. The largest absolute Gasteiger partial charge is 0.395 e. The summed E-state index contributed by atoms with van der Waals surface area (Å²) in [5.41, 5.74) is 7.43. The summed E-state index contributed by atoms with van der Waals surface area (Å²) in [5.74, 6) is -0.0642. The highest BCUT2D eigenvalue weighted by Crippen LogP contribution is 2.17. The third kappa shape index (κ3) is 2.73. The van der Waals surface area contributed by atoms with E-state index in [2.05, 4.69) is 28.9 Å². The quantitative estimate of drug-likeness (QED) is 0.849. The molecule has 0 aromatic carbocycles. The van der Waals surface area contributed by atoms with Crippen molar-refractivity contribution in [1.82, 2.24) is 20.0 Å². The number of aromatic amines is 1. The highest BCUT2D eigenvalue weighted by Gasteiger charge is 2.26. The van der Waals surface area contributed by atoms with Crippen LogP contribution in [0.5, 0.6) is 0 Å². The molecule has 6 nitrogen and oxygen atoms in total. The standard InChI is InChI=1S/C13H23N5O/c1-4-9(2)17-5-7-18(8-6-17)13(19)12-11(14)10(3)15-16-12/h9H,4-8,14H2,1-3H3,(H,15,16). The first-order valence-electron chi connectivity index (χ1n) is 6.88. The Bertz CT molecular complexity index is 448. The van der Waals surface area contributed by atoms with Crippen LogP contribution in [0.15, 0.2) is 0 Å². The maximum Gasteiger partial charge on any atom is 0.276 e. The second-order valence-electron chi connectivity index (χ2n) is 5.20. The van der Waals surface area contributed by atoms with Crippen LogP contribution in [0.2, 0.25) is 0 Å². The highest BCUT2D eigenvalue weighted by molar-refractivity contribution is 5.97. The van der Waals surface area contributed by atoms with E-state index in [1.807, 2.05) is 11.8 Å². The molecule has 1 saturated heterocycles. The molecule has 1 amide bonds. The topological polar surface area (TPSA) is 78.2 Å². The number of amides is 1. The van der Waals surface area contributed by atoms with Gasteiger partial charge >= 0.3 is 0 Å². The van der Waals surface area contributed by atoms with E-state index in [0.717, 1.165) is 38.3 Å². The van der Waals surface area contributed by atoms with E-state index < -0.39 is 0 Å². The average molecular weight is 265 g/mol. The number of hydrogen-bond donors (Lipinski definition) is 2.